The van der Waals surface area contributed by atoms with Crippen LogP contribution in [0.4, 0.5) is 5.69 Å². The van der Waals surface area contributed by atoms with Crippen molar-refractivity contribution in [1.29, 1.82) is 0 Å². The zero-order valence-corrected chi connectivity index (χ0v) is 19.1. The molecule has 5 aromatic rings. The summed E-state index contributed by atoms with van der Waals surface area (Å²) in [5.74, 6) is 1.54. The molecule has 6 nitrogen and oxygen atoms in total. The molecule has 1 aliphatic heterocycles. The number of hydrogen-bond donors (Lipinski definition) is 1. The number of pyridine rings is 1. The number of benzene rings is 3. The van der Waals surface area contributed by atoms with Crippen LogP contribution >= 0.6 is 0 Å². The molecule has 0 bridgehead atoms. The third-order valence-corrected chi connectivity index (χ3v) is 6.08. The molecule has 3 aromatic carbocycles. The number of furan rings is 1. The highest BCUT2D eigenvalue weighted by molar-refractivity contribution is 6.06. The van der Waals surface area contributed by atoms with Gasteiger partial charge >= 0.3 is 0 Å². The van der Waals surface area contributed by atoms with Gasteiger partial charge in [-0.05, 0) is 55.5 Å². The van der Waals surface area contributed by atoms with Gasteiger partial charge in [0.05, 0.1) is 11.4 Å². The summed E-state index contributed by atoms with van der Waals surface area (Å²) in [4.78, 5) is 17.7. The molecule has 3 heterocycles. The zero-order valence-electron chi connectivity index (χ0n) is 19.1. The Balaban J connectivity index is 1.22. The van der Waals surface area contributed by atoms with Crippen LogP contribution in [-0.4, -0.2) is 24.1 Å². The van der Waals surface area contributed by atoms with Crippen LogP contribution in [0.5, 0.6) is 11.5 Å². The van der Waals surface area contributed by atoms with Gasteiger partial charge < -0.3 is 19.2 Å². The van der Waals surface area contributed by atoms with Crippen molar-refractivity contribution in [1.82, 2.24) is 4.98 Å². The van der Waals surface area contributed by atoms with Gasteiger partial charge in [0.25, 0.3) is 5.91 Å². The summed E-state index contributed by atoms with van der Waals surface area (Å²) in [7, 11) is 0. The van der Waals surface area contributed by atoms with Crippen molar-refractivity contribution in [2.45, 2.75) is 6.92 Å². The number of fused-ring (bicyclic) bond motifs is 2. The molecule has 0 unspecified atom stereocenters. The second-order valence-electron chi connectivity index (χ2n) is 8.35. The summed E-state index contributed by atoms with van der Waals surface area (Å²) in [5.41, 5.74) is 5.80. The third kappa shape index (κ3) is 3.99. The van der Waals surface area contributed by atoms with Gasteiger partial charge in [0.2, 0.25) is 0 Å². The smallest absolute Gasteiger partial charge is 0.291 e. The summed E-state index contributed by atoms with van der Waals surface area (Å²) >= 11 is 0. The molecule has 1 amide bonds. The van der Waals surface area contributed by atoms with E-state index in [1.54, 1.807) is 0 Å². The van der Waals surface area contributed by atoms with Crippen LogP contribution in [0.1, 0.15) is 16.1 Å². The van der Waals surface area contributed by atoms with Crippen LogP contribution in [0.25, 0.3) is 33.5 Å². The van der Waals surface area contributed by atoms with Crippen molar-refractivity contribution in [2.75, 3.05) is 18.5 Å². The molecule has 2 aromatic heterocycles. The Morgan fingerprint density at radius 1 is 0.800 bits per heavy atom. The molecular weight excluding hydrogens is 440 g/mol. The highest BCUT2D eigenvalue weighted by Gasteiger charge is 2.18. The molecule has 0 fully saturated rings. The van der Waals surface area contributed by atoms with Crippen LogP contribution < -0.4 is 14.8 Å². The fraction of sp³-hybridized carbons (Fsp3) is 0.103. The van der Waals surface area contributed by atoms with Crippen molar-refractivity contribution < 1.29 is 18.7 Å². The van der Waals surface area contributed by atoms with E-state index in [-0.39, 0.29) is 5.91 Å². The number of nitrogens with one attached hydrogen (secondary N) is 1. The SMILES string of the molecule is Cc1c(C(=O)Nc2ccc(-c3cccc(-c4ccc5c(c4)OCCO5)n3)cc2)oc2ccccc12. The minimum Gasteiger partial charge on any atom is -0.486 e. The number of hydrogen-bond acceptors (Lipinski definition) is 5. The van der Waals surface area contributed by atoms with E-state index in [1.807, 2.05) is 91.9 Å². The third-order valence-electron chi connectivity index (χ3n) is 6.08. The molecule has 0 radical (unpaired) electrons. The molecule has 6 rings (SSSR count). The van der Waals surface area contributed by atoms with E-state index in [9.17, 15) is 4.79 Å². The first-order chi connectivity index (χ1) is 17.2. The lowest BCUT2D eigenvalue weighted by atomic mass is 10.1. The number of carbonyl (C=O) groups is 1. The van der Waals surface area contributed by atoms with E-state index in [2.05, 4.69) is 5.32 Å². The topological polar surface area (TPSA) is 73.6 Å². The molecule has 35 heavy (non-hydrogen) atoms. The van der Waals surface area contributed by atoms with Gasteiger partial charge in [-0.15, -0.1) is 0 Å². The van der Waals surface area contributed by atoms with Gasteiger partial charge in [-0.2, -0.15) is 0 Å². The van der Waals surface area contributed by atoms with Crippen LogP contribution in [0.15, 0.2) is 89.3 Å². The van der Waals surface area contributed by atoms with Gasteiger partial charge in [-0.25, -0.2) is 4.98 Å². The van der Waals surface area contributed by atoms with E-state index in [0.29, 0.717) is 30.2 Å². The second kappa shape index (κ2) is 8.65. The first kappa shape index (κ1) is 21.0. The monoisotopic (exact) mass is 462 g/mol. The summed E-state index contributed by atoms with van der Waals surface area (Å²) in [6, 6.07) is 27.0. The van der Waals surface area contributed by atoms with Gasteiger partial charge in [-0.3, -0.25) is 4.79 Å². The quantitative estimate of drug-likeness (QED) is 0.330. The van der Waals surface area contributed by atoms with E-state index in [0.717, 1.165) is 45.0 Å². The standard InChI is InChI=1S/C29H22N2O4/c1-18-22-5-2-3-8-25(22)35-28(18)29(32)30-21-12-9-19(10-13-21)23-6-4-7-24(31-23)20-11-14-26-27(17-20)34-16-15-33-26/h2-14,17H,15-16H2,1H3,(H,30,32). The Morgan fingerprint density at radius 3 is 2.31 bits per heavy atom. The van der Waals surface area contributed by atoms with E-state index in [4.69, 9.17) is 18.9 Å². The maximum atomic E-state index is 12.8. The Morgan fingerprint density at radius 2 is 1.51 bits per heavy atom. The summed E-state index contributed by atoms with van der Waals surface area (Å²) < 4.78 is 17.1. The predicted octanol–water partition coefficient (Wildman–Crippen LogP) is 6.49. The Bertz CT molecular complexity index is 1550. The number of aromatic nitrogens is 1. The molecule has 1 aliphatic rings. The molecule has 172 valence electrons. The highest BCUT2D eigenvalue weighted by Crippen LogP contribution is 2.34. The van der Waals surface area contributed by atoms with E-state index in [1.165, 1.54) is 0 Å². The molecule has 1 N–H and O–H groups in total. The molecule has 0 saturated heterocycles. The fourth-order valence-electron chi connectivity index (χ4n) is 4.26. The largest absolute Gasteiger partial charge is 0.486 e. The van der Waals surface area contributed by atoms with Crippen molar-refractivity contribution in [2.24, 2.45) is 0 Å². The van der Waals surface area contributed by atoms with Crippen LogP contribution in [0.2, 0.25) is 0 Å². The summed E-state index contributed by atoms with van der Waals surface area (Å²) in [6.45, 7) is 3.00. The maximum absolute atomic E-state index is 12.8. The number of aryl methyl sites for hydroxylation is 1. The second-order valence-corrected chi connectivity index (χ2v) is 8.35. The highest BCUT2D eigenvalue weighted by atomic mass is 16.6. The molecule has 0 spiro atoms. The maximum Gasteiger partial charge on any atom is 0.291 e. The molecule has 0 aliphatic carbocycles. The number of ether oxygens (including phenoxy) is 2. The lowest BCUT2D eigenvalue weighted by molar-refractivity contribution is 0.0998. The minimum atomic E-state index is -0.273. The average molecular weight is 463 g/mol. The number of carbonyl (C=O) groups excluding carboxylic acids is 1. The Hall–Kier alpha value is -4.58. The van der Waals surface area contributed by atoms with Crippen molar-refractivity contribution >= 4 is 22.6 Å². The zero-order chi connectivity index (χ0) is 23.8. The Labute approximate surface area is 202 Å². The van der Waals surface area contributed by atoms with Crippen molar-refractivity contribution in [3.63, 3.8) is 0 Å². The predicted molar refractivity (Wildman–Crippen MR) is 135 cm³/mol. The number of amides is 1. The number of nitrogens with zero attached hydrogens (tertiary/aromatic N) is 1. The lowest BCUT2D eigenvalue weighted by Crippen LogP contribution is -2.15. The van der Waals surface area contributed by atoms with Crippen molar-refractivity contribution in [3.8, 4) is 34.0 Å². The first-order valence-corrected chi connectivity index (χ1v) is 11.4. The van der Waals surface area contributed by atoms with Crippen LogP contribution in [0, 0.1) is 6.92 Å². The number of rotatable bonds is 4. The van der Waals surface area contributed by atoms with Gasteiger partial charge in [-0.1, -0.05) is 36.4 Å². The van der Waals surface area contributed by atoms with Crippen LogP contribution in [0.3, 0.4) is 0 Å². The van der Waals surface area contributed by atoms with Crippen molar-refractivity contribution in [3.05, 3.63) is 96.3 Å². The lowest BCUT2D eigenvalue weighted by Gasteiger charge is -2.18. The summed E-state index contributed by atoms with van der Waals surface area (Å²) in [6.07, 6.45) is 0. The molecule has 6 heteroatoms. The van der Waals surface area contributed by atoms with E-state index >= 15 is 0 Å². The Kier molecular flexibility index (Phi) is 5.19. The summed E-state index contributed by atoms with van der Waals surface area (Å²) in [5, 5.41) is 3.87. The molecular formula is C29H22N2O4. The van der Waals surface area contributed by atoms with Gasteiger partial charge in [0.1, 0.15) is 18.8 Å². The average Bonchev–Trinajstić information content (AvgIpc) is 3.25. The fourth-order valence-corrected chi connectivity index (χ4v) is 4.26. The number of para-hydroxylation sites is 1. The normalized spacial score (nSPS) is 12.5. The van der Waals surface area contributed by atoms with Gasteiger partial charge in [0, 0.05) is 27.8 Å². The van der Waals surface area contributed by atoms with Gasteiger partial charge in [0.15, 0.2) is 17.3 Å². The van der Waals surface area contributed by atoms with E-state index < -0.39 is 0 Å². The number of anilines is 1. The minimum absolute atomic E-state index is 0.273. The molecule has 0 atom stereocenters. The van der Waals surface area contributed by atoms with Crippen LogP contribution in [-0.2, 0) is 0 Å². The first-order valence-electron chi connectivity index (χ1n) is 11.4. The molecule has 0 saturated carbocycles.